The number of aromatic nitrogens is 2. The van der Waals surface area contributed by atoms with Gasteiger partial charge in [0.1, 0.15) is 17.5 Å². The first-order chi connectivity index (χ1) is 9.54. The number of aryl methyl sites for hydroxylation is 2. The monoisotopic (exact) mass is 269 g/mol. The third kappa shape index (κ3) is 2.50. The summed E-state index contributed by atoms with van der Waals surface area (Å²) in [5.41, 5.74) is 1.86. The van der Waals surface area contributed by atoms with Gasteiger partial charge in [-0.15, -0.1) is 0 Å². The standard InChI is InChI=1S/C15H12FN3O/c1-9-13(10(2)19-18-9)7-11(8-17)15(20)12-5-3-4-6-14(12)16/h3-7H,1-2H3,(H,18,19)/b11-7-. The average Bonchev–Trinajstić information content (AvgIpc) is 2.75. The fourth-order valence-electron chi connectivity index (χ4n) is 1.86. The predicted molar refractivity (Wildman–Crippen MR) is 72.4 cm³/mol. The van der Waals surface area contributed by atoms with Crippen LogP contribution < -0.4 is 0 Å². The summed E-state index contributed by atoms with van der Waals surface area (Å²) >= 11 is 0. The smallest absolute Gasteiger partial charge is 0.206 e. The van der Waals surface area contributed by atoms with Gasteiger partial charge in [0, 0.05) is 11.3 Å². The zero-order chi connectivity index (χ0) is 14.7. The summed E-state index contributed by atoms with van der Waals surface area (Å²) in [4.78, 5) is 12.2. The van der Waals surface area contributed by atoms with Crippen LogP contribution in [0.1, 0.15) is 27.3 Å². The molecule has 0 aliphatic carbocycles. The second-order valence-corrected chi connectivity index (χ2v) is 4.33. The summed E-state index contributed by atoms with van der Waals surface area (Å²) in [7, 11) is 0. The van der Waals surface area contributed by atoms with E-state index in [0.29, 0.717) is 11.3 Å². The van der Waals surface area contributed by atoms with Crippen LogP contribution in [-0.2, 0) is 0 Å². The molecule has 0 fully saturated rings. The third-order valence-corrected chi connectivity index (χ3v) is 2.96. The van der Waals surface area contributed by atoms with Crippen LogP contribution >= 0.6 is 0 Å². The molecule has 1 heterocycles. The molecule has 2 aromatic rings. The van der Waals surface area contributed by atoms with Crippen molar-refractivity contribution in [2.24, 2.45) is 0 Å². The molecular weight excluding hydrogens is 257 g/mol. The van der Waals surface area contributed by atoms with Crippen molar-refractivity contribution < 1.29 is 9.18 Å². The maximum absolute atomic E-state index is 13.6. The zero-order valence-electron chi connectivity index (χ0n) is 11.1. The van der Waals surface area contributed by atoms with Crippen LogP contribution in [0.25, 0.3) is 6.08 Å². The van der Waals surface area contributed by atoms with E-state index in [4.69, 9.17) is 5.26 Å². The van der Waals surface area contributed by atoms with Crippen molar-refractivity contribution in [3.05, 3.63) is 58.2 Å². The number of nitrogens with one attached hydrogen (secondary N) is 1. The van der Waals surface area contributed by atoms with Crippen LogP contribution in [0.3, 0.4) is 0 Å². The molecule has 0 aliphatic heterocycles. The highest BCUT2D eigenvalue weighted by atomic mass is 19.1. The van der Waals surface area contributed by atoms with Gasteiger partial charge >= 0.3 is 0 Å². The van der Waals surface area contributed by atoms with Gasteiger partial charge in [0.25, 0.3) is 0 Å². The molecule has 5 heteroatoms. The lowest BCUT2D eigenvalue weighted by molar-refractivity contribution is 0.103. The number of allylic oxidation sites excluding steroid dienone is 1. The molecule has 1 N–H and O–H groups in total. The molecule has 0 saturated heterocycles. The van der Waals surface area contributed by atoms with Crippen molar-refractivity contribution in [3.8, 4) is 6.07 Å². The van der Waals surface area contributed by atoms with Crippen LogP contribution in [0.5, 0.6) is 0 Å². The summed E-state index contributed by atoms with van der Waals surface area (Å²) < 4.78 is 13.6. The number of hydrogen-bond acceptors (Lipinski definition) is 3. The summed E-state index contributed by atoms with van der Waals surface area (Å²) in [6, 6.07) is 7.42. The number of H-pyrrole nitrogens is 1. The van der Waals surface area contributed by atoms with E-state index in [0.717, 1.165) is 5.69 Å². The maximum Gasteiger partial charge on any atom is 0.206 e. The quantitative estimate of drug-likeness (QED) is 0.529. The van der Waals surface area contributed by atoms with E-state index in [1.165, 1.54) is 24.3 Å². The van der Waals surface area contributed by atoms with E-state index in [1.807, 2.05) is 6.07 Å². The molecule has 0 atom stereocenters. The molecule has 0 amide bonds. The Hall–Kier alpha value is -2.74. The summed E-state index contributed by atoms with van der Waals surface area (Å²) in [6.45, 7) is 3.55. The number of halogens is 1. The number of aromatic amines is 1. The van der Waals surface area contributed by atoms with Crippen LogP contribution in [0.2, 0.25) is 0 Å². The lowest BCUT2D eigenvalue weighted by atomic mass is 10.0. The highest BCUT2D eigenvalue weighted by Crippen LogP contribution is 2.18. The van der Waals surface area contributed by atoms with Crippen LogP contribution in [0.4, 0.5) is 4.39 Å². The Labute approximate surface area is 115 Å². The second-order valence-electron chi connectivity index (χ2n) is 4.33. The van der Waals surface area contributed by atoms with Crippen LogP contribution in [0, 0.1) is 31.0 Å². The Bertz CT molecular complexity index is 718. The Kier molecular flexibility index (Phi) is 3.76. The minimum Gasteiger partial charge on any atom is -0.288 e. The summed E-state index contributed by atoms with van der Waals surface area (Å²) in [6.07, 6.45) is 1.43. The van der Waals surface area contributed by atoms with Crippen molar-refractivity contribution in [2.75, 3.05) is 0 Å². The van der Waals surface area contributed by atoms with Gasteiger partial charge in [0.2, 0.25) is 5.78 Å². The molecule has 100 valence electrons. The number of carbonyl (C=O) groups excluding carboxylic acids is 1. The Morgan fingerprint density at radius 3 is 2.65 bits per heavy atom. The number of carbonyl (C=O) groups is 1. The molecule has 0 aliphatic rings. The molecule has 0 radical (unpaired) electrons. The zero-order valence-corrected chi connectivity index (χ0v) is 11.1. The van der Waals surface area contributed by atoms with Crippen molar-refractivity contribution in [2.45, 2.75) is 13.8 Å². The van der Waals surface area contributed by atoms with E-state index in [9.17, 15) is 9.18 Å². The van der Waals surface area contributed by atoms with Gasteiger partial charge in [-0.2, -0.15) is 10.4 Å². The molecule has 0 spiro atoms. The molecule has 0 bridgehead atoms. The van der Waals surface area contributed by atoms with E-state index in [1.54, 1.807) is 19.9 Å². The average molecular weight is 269 g/mol. The normalized spacial score (nSPS) is 11.2. The van der Waals surface area contributed by atoms with Gasteiger partial charge in [0.15, 0.2) is 0 Å². The number of benzene rings is 1. The Morgan fingerprint density at radius 1 is 1.40 bits per heavy atom. The van der Waals surface area contributed by atoms with Gasteiger partial charge in [-0.3, -0.25) is 9.89 Å². The van der Waals surface area contributed by atoms with Crippen LogP contribution in [0.15, 0.2) is 29.8 Å². The lowest BCUT2D eigenvalue weighted by Gasteiger charge is -2.01. The number of rotatable bonds is 3. The lowest BCUT2D eigenvalue weighted by Crippen LogP contribution is -2.04. The minimum absolute atomic E-state index is 0.112. The third-order valence-electron chi connectivity index (χ3n) is 2.96. The SMILES string of the molecule is Cc1n[nH]c(C)c1/C=C(/C#N)C(=O)c1ccccc1F. The largest absolute Gasteiger partial charge is 0.288 e. The van der Waals surface area contributed by atoms with E-state index >= 15 is 0 Å². The minimum atomic E-state index is -0.640. The molecule has 1 aromatic carbocycles. The van der Waals surface area contributed by atoms with Gasteiger partial charge in [-0.25, -0.2) is 4.39 Å². The summed E-state index contributed by atoms with van der Waals surface area (Å²) in [5.74, 6) is -1.27. The molecule has 0 unspecified atom stereocenters. The van der Waals surface area contributed by atoms with Crippen molar-refractivity contribution in [3.63, 3.8) is 0 Å². The fraction of sp³-hybridized carbons (Fsp3) is 0.133. The van der Waals surface area contributed by atoms with Crippen molar-refractivity contribution >= 4 is 11.9 Å². The molecule has 4 nitrogen and oxygen atoms in total. The number of Topliss-reactive ketones (excluding diaryl/α,β-unsaturated/α-hetero) is 1. The Morgan fingerprint density at radius 2 is 2.10 bits per heavy atom. The van der Waals surface area contributed by atoms with Gasteiger partial charge in [0.05, 0.1) is 11.3 Å². The number of nitrogens with zero attached hydrogens (tertiary/aromatic N) is 2. The highest BCUT2D eigenvalue weighted by Gasteiger charge is 2.17. The second kappa shape index (κ2) is 5.49. The number of nitriles is 1. The van der Waals surface area contributed by atoms with E-state index in [-0.39, 0.29) is 11.1 Å². The first kappa shape index (κ1) is 13.7. The molecule has 20 heavy (non-hydrogen) atoms. The first-order valence-corrected chi connectivity index (χ1v) is 5.97. The molecule has 2 rings (SSSR count). The highest BCUT2D eigenvalue weighted by molar-refractivity contribution is 6.14. The number of ketones is 1. The van der Waals surface area contributed by atoms with E-state index in [2.05, 4.69) is 10.2 Å². The topological polar surface area (TPSA) is 69.5 Å². The molecule has 0 saturated carbocycles. The predicted octanol–water partition coefficient (Wildman–Crippen LogP) is 2.96. The van der Waals surface area contributed by atoms with Crippen molar-refractivity contribution in [1.82, 2.24) is 10.2 Å². The first-order valence-electron chi connectivity index (χ1n) is 5.97. The Balaban J connectivity index is 2.47. The van der Waals surface area contributed by atoms with Gasteiger partial charge < -0.3 is 0 Å². The van der Waals surface area contributed by atoms with Crippen LogP contribution in [-0.4, -0.2) is 16.0 Å². The van der Waals surface area contributed by atoms with E-state index < -0.39 is 11.6 Å². The van der Waals surface area contributed by atoms with Gasteiger partial charge in [-0.1, -0.05) is 12.1 Å². The molecule has 1 aromatic heterocycles. The van der Waals surface area contributed by atoms with Crippen molar-refractivity contribution in [1.29, 1.82) is 5.26 Å². The fourth-order valence-corrected chi connectivity index (χ4v) is 1.86. The number of hydrogen-bond donors (Lipinski definition) is 1. The molecular formula is C15H12FN3O. The van der Waals surface area contributed by atoms with Gasteiger partial charge in [-0.05, 0) is 32.1 Å². The summed E-state index contributed by atoms with van der Waals surface area (Å²) in [5, 5.41) is 15.9. The maximum atomic E-state index is 13.6.